The van der Waals surface area contributed by atoms with E-state index in [9.17, 15) is 21.7 Å². The Morgan fingerprint density at radius 2 is 1.93 bits per heavy atom. The quantitative estimate of drug-likeness (QED) is 0.566. The molecule has 1 aromatic heterocycles. The van der Waals surface area contributed by atoms with Crippen LogP contribution >= 0.6 is 0 Å². The first-order valence-corrected chi connectivity index (χ1v) is 3.68. The van der Waals surface area contributed by atoms with Crippen molar-refractivity contribution in [2.45, 2.75) is 12.7 Å². The molecule has 0 aliphatic rings. The Morgan fingerprint density at radius 3 is 2.43 bits per heavy atom. The highest BCUT2D eigenvalue weighted by Crippen LogP contribution is 2.24. The molecule has 0 aliphatic heterocycles. The van der Waals surface area contributed by atoms with Crippen LogP contribution in [0.4, 0.5) is 21.7 Å². The van der Waals surface area contributed by atoms with Crippen LogP contribution < -0.4 is 0 Å². The number of hydrogen-bond acceptors (Lipinski definition) is 2. The van der Waals surface area contributed by atoms with E-state index in [1.807, 2.05) is 0 Å². The third kappa shape index (κ3) is 2.93. The van der Waals surface area contributed by atoms with Crippen molar-refractivity contribution in [3.63, 3.8) is 0 Å². The number of halogens is 5. The van der Waals surface area contributed by atoms with Gasteiger partial charge in [-0.15, -0.1) is 0 Å². The van der Waals surface area contributed by atoms with Gasteiger partial charge in [-0.25, -0.2) is 18.7 Å². The molecule has 8 heteroatoms. The Labute approximate surface area is 76.2 Å². The van der Waals surface area contributed by atoms with Crippen LogP contribution in [0.3, 0.4) is 0 Å². The predicted octanol–water partition coefficient (Wildman–Crippen LogP) is 2.34. The maximum atomic E-state index is 12.2. The summed E-state index contributed by atoms with van der Waals surface area (Å²) in [6.45, 7) is -5.14. The molecule has 2 nitrogen and oxygen atoms in total. The van der Waals surface area contributed by atoms with Crippen molar-refractivity contribution in [2.75, 3.05) is 0 Å². The second-order valence-corrected chi connectivity index (χ2v) is 2.65. The Balaban J connectivity index is 2.96. The van der Waals surface area contributed by atoms with Crippen LogP contribution in [0.5, 0.6) is 0 Å². The highest BCUT2D eigenvalue weighted by molar-refractivity contribution is 6.57. The highest BCUT2D eigenvalue weighted by Gasteiger charge is 2.26. The summed E-state index contributed by atoms with van der Waals surface area (Å²) in [5.74, 6) is 0. The second-order valence-electron chi connectivity index (χ2n) is 2.65. The molecular formula is C6H5BF5N2-. The second kappa shape index (κ2) is 3.89. The number of aromatic nitrogens is 2. The van der Waals surface area contributed by atoms with Crippen LogP contribution in [-0.4, -0.2) is 16.9 Å². The standard InChI is InChI=1S/C6H5BF5N2/c8-6(9)5-4(1-7(10,11)12)2-13-3-14-5/h2-3,6H,1H2/q-1. The molecule has 0 N–H and O–H groups in total. The molecule has 0 atom stereocenters. The fourth-order valence-electron chi connectivity index (χ4n) is 0.971. The van der Waals surface area contributed by atoms with Gasteiger partial charge in [0.25, 0.3) is 6.43 Å². The van der Waals surface area contributed by atoms with E-state index in [1.165, 1.54) is 0 Å². The molecule has 0 saturated carbocycles. The van der Waals surface area contributed by atoms with Crippen molar-refractivity contribution in [3.8, 4) is 0 Å². The van der Waals surface area contributed by atoms with E-state index >= 15 is 0 Å². The molecule has 14 heavy (non-hydrogen) atoms. The molecule has 0 amide bonds. The predicted molar refractivity (Wildman–Crippen MR) is 39.8 cm³/mol. The first-order valence-electron chi connectivity index (χ1n) is 3.68. The summed E-state index contributed by atoms with van der Waals surface area (Å²) < 4.78 is 60.1. The molecule has 1 rings (SSSR count). The van der Waals surface area contributed by atoms with Crippen LogP contribution in [0, 0.1) is 0 Å². The minimum absolute atomic E-state index is 0.560. The van der Waals surface area contributed by atoms with Gasteiger partial charge >= 0.3 is 6.98 Å². The third-order valence-electron chi connectivity index (χ3n) is 1.48. The van der Waals surface area contributed by atoms with E-state index in [-0.39, 0.29) is 0 Å². The Bertz CT molecular complexity index is 313. The Hall–Kier alpha value is -1.21. The maximum Gasteiger partial charge on any atom is 0.482 e. The molecule has 78 valence electrons. The summed E-state index contributed by atoms with van der Waals surface area (Å²) in [4.78, 5) is 6.39. The number of hydrogen-bond donors (Lipinski definition) is 0. The molecule has 0 spiro atoms. The van der Waals surface area contributed by atoms with Gasteiger partial charge in [0, 0.05) is 6.20 Å². The number of nitrogens with zero attached hydrogens (tertiary/aromatic N) is 2. The Morgan fingerprint density at radius 1 is 1.29 bits per heavy atom. The first kappa shape index (κ1) is 10.9. The van der Waals surface area contributed by atoms with Crippen LogP contribution in [0.25, 0.3) is 0 Å². The van der Waals surface area contributed by atoms with Crippen LogP contribution in [-0.2, 0) is 6.32 Å². The van der Waals surface area contributed by atoms with E-state index in [0.29, 0.717) is 0 Å². The van der Waals surface area contributed by atoms with Gasteiger partial charge in [-0.3, -0.25) is 0 Å². The van der Waals surface area contributed by atoms with Gasteiger partial charge in [0.05, 0.1) is 0 Å². The zero-order valence-electron chi connectivity index (χ0n) is 6.80. The van der Waals surface area contributed by atoms with Crippen molar-refractivity contribution in [2.24, 2.45) is 0 Å². The highest BCUT2D eigenvalue weighted by atomic mass is 19.4. The van der Waals surface area contributed by atoms with Gasteiger partial charge in [0.15, 0.2) is 0 Å². The maximum absolute atomic E-state index is 12.2. The van der Waals surface area contributed by atoms with Crippen LogP contribution in [0.15, 0.2) is 12.5 Å². The molecule has 0 bridgehead atoms. The molecule has 0 saturated heterocycles. The van der Waals surface area contributed by atoms with Gasteiger partial charge in [0.2, 0.25) is 0 Å². The van der Waals surface area contributed by atoms with Crippen LogP contribution in [0.1, 0.15) is 17.7 Å². The molecule has 0 unspecified atom stereocenters. The number of rotatable bonds is 3. The molecular weight excluding hydrogens is 206 g/mol. The summed E-state index contributed by atoms with van der Waals surface area (Å²) >= 11 is 0. The normalized spacial score (nSPS) is 12.1. The zero-order valence-corrected chi connectivity index (χ0v) is 6.80. The molecule has 1 heterocycles. The fraction of sp³-hybridized carbons (Fsp3) is 0.333. The minimum atomic E-state index is -5.14. The van der Waals surface area contributed by atoms with Crippen molar-refractivity contribution in [1.82, 2.24) is 9.97 Å². The van der Waals surface area contributed by atoms with Gasteiger partial charge in [0.1, 0.15) is 12.0 Å². The summed E-state index contributed by atoms with van der Waals surface area (Å²) in [6, 6.07) is 0. The molecule has 0 aliphatic carbocycles. The van der Waals surface area contributed by atoms with Gasteiger partial charge in [-0.05, 0) is 5.56 Å². The van der Waals surface area contributed by atoms with E-state index in [1.54, 1.807) is 0 Å². The lowest BCUT2D eigenvalue weighted by atomic mass is 9.82. The lowest BCUT2D eigenvalue weighted by Crippen LogP contribution is -2.21. The lowest BCUT2D eigenvalue weighted by Gasteiger charge is -2.14. The van der Waals surface area contributed by atoms with Gasteiger partial charge in [-0.2, -0.15) is 0 Å². The average molecular weight is 211 g/mol. The van der Waals surface area contributed by atoms with Crippen LogP contribution in [0.2, 0.25) is 0 Å². The minimum Gasteiger partial charge on any atom is -0.449 e. The monoisotopic (exact) mass is 211 g/mol. The van der Waals surface area contributed by atoms with Gasteiger partial charge in [-0.1, -0.05) is 6.32 Å². The molecule has 0 fully saturated rings. The smallest absolute Gasteiger partial charge is 0.449 e. The van der Waals surface area contributed by atoms with Crippen molar-refractivity contribution in [3.05, 3.63) is 23.8 Å². The molecule has 0 radical (unpaired) electrons. The summed E-state index contributed by atoms with van der Waals surface area (Å²) in [5.41, 5.74) is -1.41. The largest absolute Gasteiger partial charge is 0.482 e. The molecule has 1 aromatic rings. The summed E-state index contributed by atoms with van der Waals surface area (Å²) in [7, 11) is 0. The molecule has 0 aromatic carbocycles. The summed E-state index contributed by atoms with van der Waals surface area (Å²) in [6.07, 6.45) is -2.82. The van der Waals surface area contributed by atoms with E-state index in [2.05, 4.69) is 9.97 Å². The zero-order chi connectivity index (χ0) is 10.8. The average Bonchev–Trinajstić information content (AvgIpc) is 2.01. The van der Waals surface area contributed by atoms with Gasteiger partial charge < -0.3 is 12.9 Å². The van der Waals surface area contributed by atoms with E-state index < -0.39 is 31.0 Å². The number of alkyl halides is 2. The Kier molecular flexibility index (Phi) is 3.02. The SMILES string of the molecule is FC(F)c1ncncc1C[B-](F)(F)F. The lowest BCUT2D eigenvalue weighted by molar-refractivity contribution is 0.144. The third-order valence-corrected chi connectivity index (χ3v) is 1.48. The first-order chi connectivity index (χ1) is 6.40. The van der Waals surface area contributed by atoms with E-state index in [0.717, 1.165) is 12.5 Å². The van der Waals surface area contributed by atoms with Crippen molar-refractivity contribution >= 4 is 6.98 Å². The van der Waals surface area contributed by atoms with Crippen molar-refractivity contribution < 1.29 is 21.7 Å². The fourth-order valence-corrected chi connectivity index (χ4v) is 0.971. The topological polar surface area (TPSA) is 25.8 Å². The van der Waals surface area contributed by atoms with E-state index in [4.69, 9.17) is 0 Å². The van der Waals surface area contributed by atoms with Crippen molar-refractivity contribution in [1.29, 1.82) is 0 Å². The summed E-state index contributed by atoms with van der Waals surface area (Å²) in [5, 5.41) is 0.